The van der Waals surface area contributed by atoms with Crippen molar-refractivity contribution in [3.63, 3.8) is 0 Å². The summed E-state index contributed by atoms with van der Waals surface area (Å²) in [6.45, 7) is 1.96. The molecule has 0 amide bonds. The number of nitrogens with zero attached hydrogens (tertiary/aromatic N) is 2. The van der Waals surface area contributed by atoms with Crippen LogP contribution in [0.2, 0.25) is 5.02 Å². The lowest BCUT2D eigenvalue weighted by atomic mass is 9.99. The van der Waals surface area contributed by atoms with Gasteiger partial charge in [-0.25, -0.2) is 4.98 Å². The fourth-order valence-electron chi connectivity index (χ4n) is 3.59. The molecular weight excluding hydrogens is 386 g/mol. The van der Waals surface area contributed by atoms with Crippen molar-refractivity contribution in [2.45, 2.75) is 6.92 Å². The zero-order valence-corrected chi connectivity index (χ0v) is 17.1. The number of aromatic nitrogens is 2. The Balaban J connectivity index is 1.88. The molecule has 0 saturated heterocycles. The molecule has 3 aromatic carbocycles. The van der Waals surface area contributed by atoms with Crippen molar-refractivity contribution >= 4 is 40.6 Å². The number of hydrogen-bond donors (Lipinski definition) is 1. The Labute approximate surface area is 173 Å². The molecule has 1 N–H and O–H groups in total. The quantitative estimate of drug-likeness (QED) is 0.428. The van der Waals surface area contributed by atoms with Crippen LogP contribution in [-0.2, 0) is 7.05 Å². The number of methoxy groups -OCH3 is 1. The lowest BCUT2D eigenvalue weighted by Gasteiger charge is -2.14. The van der Waals surface area contributed by atoms with E-state index in [-0.39, 0.29) is 0 Å². The van der Waals surface area contributed by atoms with Crippen LogP contribution >= 0.6 is 11.6 Å². The number of aldehydes is 1. The maximum absolute atomic E-state index is 11.5. The SMILES string of the molecule is COc1cc(Cl)cc(C)c1Nc1nc2cccc(-c3ccccc3C=O)c2n1C. The van der Waals surface area contributed by atoms with Crippen molar-refractivity contribution in [3.05, 3.63) is 70.7 Å². The second-order valence-electron chi connectivity index (χ2n) is 6.80. The number of carbonyl (C=O) groups excluding carboxylic acids is 1. The minimum absolute atomic E-state index is 0.614. The zero-order valence-electron chi connectivity index (χ0n) is 16.4. The first-order chi connectivity index (χ1) is 14.0. The van der Waals surface area contributed by atoms with E-state index in [1.807, 2.05) is 67.1 Å². The molecule has 0 aliphatic rings. The first-order valence-electron chi connectivity index (χ1n) is 9.14. The van der Waals surface area contributed by atoms with Crippen molar-refractivity contribution in [2.75, 3.05) is 12.4 Å². The van der Waals surface area contributed by atoms with Gasteiger partial charge in [0.2, 0.25) is 5.95 Å². The second kappa shape index (κ2) is 7.60. The van der Waals surface area contributed by atoms with Crippen molar-refractivity contribution in [1.29, 1.82) is 0 Å². The molecule has 0 saturated carbocycles. The average molecular weight is 406 g/mol. The molecule has 1 heterocycles. The number of rotatable bonds is 5. The van der Waals surface area contributed by atoms with Gasteiger partial charge in [-0.15, -0.1) is 0 Å². The van der Waals surface area contributed by atoms with E-state index < -0.39 is 0 Å². The van der Waals surface area contributed by atoms with Crippen LogP contribution in [0.3, 0.4) is 0 Å². The summed E-state index contributed by atoms with van der Waals surface area (Å²) >= 11 is 6.16. The second-order valence-corrected chi connectivity index (χ2v) is 7.23. The van der Waals surface area contributed by atoms with Gasteiger partial charge in [-0.3, -0.25) is 4.79 Å². The number of benzene rings is 3. The number of para-hydroxylation sites is 1. The van der Waals surface area contributed by atoms with Crippen LogP contribution in [0.25, 0.3) is 22.2 Å². The third-order valence-corrected chi connectivity index (χ3v) is 5.21. The van der Waals surface area contributed by atoms with Crippen molar-refractivity contribution in [1.82, 2.24) is 9.55 Å². The maximum atomic E-state index is 11.5. The number of anilines is 2. The van der Waals surface area contributed by atoms with E-state index >= 15 is 0 Å². The molecule has 0 atom stereocenters. The van der Waals surface area contributed by atoms with Crippen LogP contribution in [0.15, 0.2) is 54.6 Å². The highest BCUT2D eigenvalue weighted by molar-refractivity contribution is 6.31. The summed E-state index contributed by atoms with van der Waals surface area (Å²) in [5.41, 5.74) is 6.01. The summed E-state index contributed by atoms with van der Waals surface area (Å²) in [4.78, 5) is 16.3. The van der Waals surface area contributed by atoms with Gasteiger partial charge in [0.1, 0.15) is 5.75 Å². The van der Waals surface area contributed by atoms with E-state index in [1.54, 1.807) is 13.2 Å². The third kappa shape index (κ3) is 3.34. The molecule has 0 aliphatic heterocycles. The summed E-state index contributed by atoms with van der Waals surface area (Å²) in [6, 6.07) is 17.1. The number of nitrogens with one attached hydrogen (secondary N) is 1. The number of hydrogen-bond acceptors (Lipinski definition) is 4. The molecule has 29 heavy (non-hydrogen) atoms. The topological polar surface area (TPSA) is 56.1 Å². The van der Waals surface area contributed by atoms with Gasteiger partial charge in [-0.1, -0.05) is 48.0 Å². The number of carbonyl (C=O) groups is 1. The Morgan fingerprint density at radius 2 is 1.86 bits per heavy atom. The predicted molar refractivity (Wildman–Crippen MR) is 118 cm³/mol. The van der Waals surface area contributed by atoms with Crippen LogP contribution < -0.4 is 10.1 Å². The Hall–Kier alpha value is -3.31. The Bertz CT molecular complexity index is 1230. The van der Waals surface area contributed by atoms with E-state index in [0.717, 1.165) is 39.7 Å². The Kier molecular flexibility index (Phi) is 4.99. The molecule has 5 nitrogen and oxygen atoms in total. The fraction of sp³-hybridized carbons (Fsp3) is 0.130. The lowest BCUT2D eigenvalue weighted by molar-refractivity contribution is 0.112. The summed E-state index contributed by atoms with van der Waals surface area (Å²) < 4.78 is 7.48. The summed E-state index contributed by atoms with van der Waals surface area (Å²) in [7, 11) is 3.56. The molecule has 6 heteroatoms. The number of halogens is 1. The molecule has 146 valence electrons. The number of ether oxygens (including phenoxy) is 1. The van der Waals surface area contributed by atoms with Crippen LogP contribution in [0.4, 0.5) is 11.6 Å². The first-order valence-corrected chi connectivity index (χ1v) is 9.52. The minimum Gasteiger partial charge on any atom is -0.495 e. The molecule has 0 aliphatic carbocycles. The summed E-state index contributed by atoms with van der Waals surface area (Å²) in [5.74, 6) is 1.31. The van der Waals surface area contributed by atoms with Crippen LogP contribution in [0.5, 0.6) is 5.75 Å². The minimum atomic E-state index is 0.614. The molecule has 0 fully saturated rings. The monoisotopic (exact) mass is 405 g/mol. The van der Waals surface area contributed by atoms with Gasteiger partial charge in [0.05, 0.1) is 23.8 Å². The standard InChI is InChI=1S/C23H20ClN3O2/c1-14-11-16(24)12-20(29-3)21(14)26-23-25-19-10-6-9-18(22(19)27(23)2)17-8-5-4-7-15(17)13-28/h4-13H,1-3H3,(H,25,26). The van der Waals surface area contributed by atoms with Gasteiger partial charge in [0.25, 0.3) is 0 Å². The van der Waals surface area contributed by atoms with E-state index in [9.17, 15) is 4.79 Å². The zero-order chi connectivity index (χ0) is 20.5. The first kappa shape index (κ1) is 19.0. The van der Waals surface area contributed by atoms with Crippen LogP contribution in [-0.4, -0.2) is 22.9 Å². The highest BCUT2D eigenvalue weighted by Crippen LogP contribution is 2.36. The highest BCUT2D eigenvalue weighted by atomic mass is 35.5. The van der Waals surface area contributed by atoms with Gasteiger partial charge < -0.3 is 14.6 Å². The van der Waals surface area contributed by atoms with Gasteiger partial charge in [0, 0.05) is 29.3 Å². The molecular formula is C23H20ClN3O2. The highest BCUT2D eigenvalue weighted by Gasteiger charge is 2.17. The van der Waals surface area contributed by atoms with Crippen molar-refractivity contribution < 1.29 is 9.53 Å². The smallest absolute Gasteiger partial charge is 0.208 e. The Morgan fingerprint density at radius 1 is 1.10 bits per heavy atom. The van der Waals surface area contributed by atoms with Gasteiger partial charge >= 0.3 is 0 Å². The number of fused-ring (bicyclic) bond motifs is 1. The van der Waals surface area contributed by atoms with E-state index in [4.69, 9.17) is 21.3 Å². The van der Waals surface area contributed by atoms with Crippen molar-refractivity contribution in [2.24, 2.45) is 7.05 Å². The normalized spacial score (nSPS) is 10.9. The van der Waals surface area contributed by atoms with Crippen LogP contribution in [0, 0.1) is 6.92 Å². The average Bonchev–Trinajstić information content (AvgIpc) is 3.05. The molecule has 0 bridgehead atoms. The molecule has 0 unspecified atom stereocenters. The Morgan fingerprint density at radius 3 is 2.62 bits per heavy atom. The van der Waals surface area contributed by atoms with Crippen molar-refractivity contribution in [3.8, 4) is 16.9 Å². The lowest BCUT2D eigenvalue weighted by Crippen LogP contribution is -2.03. The molecule has 4 rings (SSSR count). The fourth-order valence-corrected chi connectivity index (χ4v) is 3.85. The van der Waals surface area contributed by atoms with E-state index in [1.165, 1.54) is 0 Å². The summed E-state index contributed by atoms with van der Waals surface area (Å²) in [5, 5.41) is 4.00. The molecule has 0 radical (unpaired) electrons. The van der Waals surface area contributed by atoms with Gasteiger partial charge in [-0.05, 0) is 30.2 Å². The maximum Gasteiger partial charge on any atom is 0.208 e. The number of aryl methyl sites for hydroxylation is 2. The van der Waals surface area contributed by atoms with Crippen LogP contribution in [0.1, 0.15) is 15.9 Å². The van der Waals surface area contributed by atoms with Gasteiger partial charge in [-0.2, -0.15) is 0 Å². The summed E-state index contributed by atoms with van der Waals surface area (Å²) in [6.07, 6.45) is 0.881. The van der Waals surface area contributed by atoms with E-state index in [2.05, 4.69) is 5.32 Å². The molecule has 1 aromatic heterocycles. The largest absolute Gasteiger partial charge is 0.495 e. The third-order valence-electron chi connectivity index (χ3n) is 4.99. The van der Waals surface area contributed by atoms with E-state index in [0.29, 0.717) is 22.3 Å². The molecule has 0 spiro atoms. The van der Waals surface area contributed by atoms with Gasteiger partial charge in [0.15, 0.2) is 6.29 Å². The molecule has 4 aromatic rings. The number of imidazole rings is 1. The predicted octanol–water partition coefficient (Wildman–Crippen LogP) is 5.77.